The number of imidazole rings is 1. The highest BCUT2D eigenvalue weighted by Gasteiger charge is 2.36. The number of nitrogens with zero attached hydrogens (tertiary/aromatic N) is 2. The molecule has 0 spiro atoms. The van der Waals surface area contributed by atoms with Crippen LogP contribution in [0.5, 0.6) is 0 Å². The van der Waals surface area contributed by atoms with Crippen LogP contribution in [0.1, 0.15) is 42.5 Å². The second-order valence-corrected chi connectivity index (χ2v) is 9.22. The van der Waals surface area contributed by atoms with E-state index in [4.69, 9.17) is 11.6 Å². The molecule has 1 unspecified atom stereocenters. The highest BCUT2D eigenvalue weighted by atomic mass is 35.5. The number of halogens is 1. The Bertz CT molecular complexity index is 1290. The van der Waals surface area contributed by atoms with Crippen LogP contribution in [-0.2, 0) is 0 Å². The number of fused-ring (bicyclic) bond motifs is 3. The van der Waals surface area contributed by atoms with Crippen molar-refractivity contribution in [2.24, 2.45) is 11.8 Å². The van der Waals surface area contributed by atoms with Crippen LogP contribution < -0.4 is 10.6 Å². The molecule has 6 rings (SSSR count). The summed E-state index contributed by atoms with van der Waals surface area (Å²) in [6, 6.07) is 9.56. The molecule has 0 aliphatic heterocycles. The van der Waals surface area contributed by atoms with Crippen LogP contribution in [0, 0.1) is 11.8 Å². The zero-order chi connectivity index (χ0) is 20.9. The van der Waals surface area contributed by atoms with Gasteiger partial charge in [-0.25, -0.2) is 4.98 Å². The van der Waals surface area contributed by atoms with Crippen LogP contribution in [0.2, 0.25) is 5.02 Å². The number of rotatable bonds is 4. The standard InChI is InChI=1S/C23H23ClN6O/c24-18-10-21-20(28-23(29-21)27-15-5-3-12-1-2-13(12)7-15)9-17(18)22(31)26-16-6-4-14-11-25-30-19(14)8-16/h4,6,8-13,15H,1-3,5,7H2,(H,25,30)(H,26,31)(H2,27,28,29)/t12-,13?,15-/m1/s1. The number of anilines is 2. The van der Waals surface area contributed by atoms with Crippen LogP contribution >= 0.6 is 11.6 Å². The topological polar surface area (TPSA) is 98.5 Å². The first-order valence-electron chi connectivity index (χ1n) is 10.8. The Kier molecular flexibility index (Phi) is 4.38. The number of benzene rings is 2. The molecule has 8 heteroatoms. The molecule has 0 bridgehead atoms. The predicted molar refractivity (Wildman–Crippen MR) is 123 cm³/mol. The second-order valence-electron chi connectivity index (χ2n) is 8.81. The van der Waals surface area contributed by atoms with Crippen LogP contribution in [0.25, 0.3) is 21.9 Å². The van der Waals surface area contributed by atoms with E-state index in [2.05, 4.69) is 30.8 Å². The SMILES string of the molecule is O=C(Nc1ccc2cn[nH]c2c1)c1cc2nc(N[C@@H]3CC[C@H]4CCC4C3)[nH]c2cc1Cl. The van der Waals surface area contributed by atoms with Gasteiger partial charge in [0, 0.05) is 17.1 Å². The minimum Gasteiger partial charge on any atom is -0.353 e. The quantitative estimate of drug-likeness (QED) is 0.348. The van der Waals surface area contributed by atoms with E-state index in [1.54, 1.807) is 18.3 Å². The molecule has 1 amide bonds. The molecule has 2 aliphatic carbocycles. The molecule has 2 fully saturated rings. The van der Waals surface area contributed by atoms with Crippen molar-refractivity contribution in [1.82, 2.24) is 20.2 Å². The zero-order valence-corrected chi connectivity index (χ0v) is 17.7. The van der Waals surface area contributed by atoms with E-state index in [0.717, 1.165) is 39.7 Å². The maximum Gasteiger partial charge on any atom is 0.257 e. The normalized spacial score (nSPS) is 22.8. The highest BCUT2D eigenvalue weighted by Crippen LogP contribution is 2.45. The Morgan fingerprint density at radius 2 is 1.94 bits per heavy atom. The Balaban J connectivity index is 1.21. The van der Waals surface area contributed by atoms with Gasteiger partial charge in [-0.1, -0.05) is 11.6 Å². The zero-order valence-electron chi connectivity index (χ0n) is 16.9. The van der Waals surface area contributed by atoms with Gasteiger partial charge in [0.25, 0.3) is 5.91 Å². The average Bonchev–Trinajstić information content (AvgIpc) is 3.35. The minimum absolute atomic E-state index is 0.272. The van der Waals surface area contributed by atoms with Crippen molar-refractivity contribution in [2.45, 2.75) is 38.1 Å². The summed E-state index contributed by atoms with van der Waals surface area (Å²) in [5, 5.41) is 14.8. The van der Waals surface area contributed by atoms with Crippen molar-refractivity contribution in [3.05, 3.63) is 47.1 Å². The van der Waals surface area contributed by atoms with Crippen molar-refractivity contribution in [1.29, 1.82) is 0 Å². The summed E-state index contributed by atoms with van der Waals surface area (Å²) in [6.07, 6.45) is 8.23. The van der Waals surface area contributed by atoms with Crippen molar-refractivity contribution in [3.63, 3.8) is 0 Å². The fourth-order valence-corrected chi connectivity index (χ4v) is 5.29. The summed E-state index contributed by atoms with van der Waals surface area (Å²) in [7, 11) is 0. The van der Waals surface area contributed by atoms with Gasteiger partial charge in [0.05, 0.1) is 33.3 Å². The number of nitrogens with one attached hydrogen (secondary N) is 4. The molecule has 7 nitrogen and oxygen atoms in total. The third-order valence-electron chi connectivity index (χ3n) is 6.90. The lowest BCUT2D eigenvalue weighted by Crippen LogP contribution is -2.38. The monoisotopic (exact) mass is 434 g/mol. The maximum atomic E-state index is 12.9. The van der Waals surface area contributed by atoms with Gasteiger partial charge in [-0.05, 0) is 74.3 Å². The number of hydrogen-bond donors (Lipinski definition) is 4. The lowest BCUT2D eigenvalue weighted by Gasteiger charge is -2.43. The lowest BCUT2D eigenvalue weighted by atomic mass is 9.64. The van der Waals surface area contributed by atoms with Gasteiger partial charge in [-0.2, -0.15) is 5.10 Å². The van der Waals surface area contributed by atoms with E-state index in [-0.39, 0.29) is 5.91 Å². The number of H-pyrrole nitrogens is 2. The smallest absolute Gasteiger partial charge is 0.257 e. The third kappa shape index (κ3) is 3.43. The number of aromatic amines is 2. The molecule has 158 valence electrons. The summed E-state index contributed by atoms with van der Waals surface area (Å²) in [4.78, 5) is 20.9. The van der Waals surface area contributed by atoms with Crippen LogP contribution in [-0.4, -0.2) is 32.1 Å². The van der Waals surface area contributed by atoms with E-state index >= 15 is 0 Å². The molecule has 2 aliphatic rings. The van der Waals surface area contributed by atoms with E-state index in [9.17, 15) is 4.79 Å². The van der Waals surface area contributed by atoms with Gasteiger partial charge in [-0.3, -0.25) is 9.89 Å². The molecule has 4 aromatic rings. The van der Waals surface area contributed by atoms with E-state index in [1.165, 1.54) is 32.1 Å². The van der Waals surface area contributed by atoms with Gasteiger partial charge < -0.3 is 15.6 Å². The highest BCUT2D eigenvalue weighted by molar-refractivity contribution is 6.35. The van der Waals surface area contributed by atoms with Crippen LogP contribution in [0.3, 0.4) is 0 Å². The van der Waals surface area contributed by atoms with Gasteiger partial charge in [0.15, 0.2) is 0 Å². The molecular formula is C23H23ClN6O. The summed E-state index contributed by atoms with van der Waals surface area (Å²) in [5.41, 5.74) is 3.47. The number of amides is 1. The van der Waals surface area contributed by atoms with E-state index < -0.39 is 0 Å². The lowest BCUT2D eigenvalue weighted by molar-refractivity contribution is 0.102. The number of aromatic nitrogens is 4. The molecule has 2 heterocycles. The van der Waals surface area contributed by atoms with Crippen LogP contribution in [0.15, 0.2) is 36.5 Å². The second kappa shape index (κ2) is 7.27. The Morgan fingerprint density at radius 3 is 2.77 bits per heavy atom. The Hall–Kier alpha value is -3.06. The van der Waals surface area contributed by atoms with E-state index in [0.29, 0.717) is 22.3 Å². The maximum absolute atomic E-state index is 12.9. The van der Waals surface area contributed by atoms with Gasteiger partial charge in [0.1, 0.15) is 0 Å². The molecule has 4 N–H and O–H groups in total. The fourth-order valence-electron chi connectivity index (χ4n) is 5.04. The van der Waals surface area contributed by atoms with Gasteiger partial charge >= 0.3 is 0 Å². The molecular weight excluding hydrogens is 412 g/mol. The average molecular weight is 435 g/mol. The fraction of sp³-hybridized carbons (Fsp3) is 0.348. The summed E-state index contributed by atoms with van der Waals surface area (Å²) >= 11 is 6.44. The minimum atomic E-state index is -0.272. The molecule has 3 atom stereocenters. The molecule has 31 heavy (non-hydrogen) atoms. The first-order valence-corrected chi connectivity index (χ1v) is 11.2. The number of carbonyl (C=O) groups is 1. The van der Waals surface area contributed by atoms with Gasteiger partial charge in [-0.15, -0.1) is 0 Å². The van der Waals surface area contributed by atoms with Crippen molar-refractivity contribution in [3.8, 4) is 0 Å². The summed E-state index contributed by atoms with van der Waals surface area (Å²) < 4.78 is 0. The number of carbonyl (C=O) groups excluding carboxylic acids is 1. The first kappa shape index (κ1) is 18.7. The van der Waals surface area contributed by atoms with Crippen molar-refractivity contribution in [2.75, 3.05) is 10.6 Å². The summed E-state index contributed by atoms with van der Waals surface area (Å²) in [6.45, 7) is 0. The Labute approximate surface area is 184 Å². The molecule has 2 saturated carbocycles. The van der Waals surface area contributed by atoms with Crippen LogP contribution in [0.4, 0.5) is 11.6 Å². The number of hydrogen-bond acceptors (Lipinski definition) is 4. The van der Waals surface area contributed by atoms with Crippen molar-refractivity contribution < 1.29 is 4.79 Å². The third-order valence-corrected chi connectivity index (χ3v) is 7.22. The van der Waals surface area contributed by atoms with Crippen molar-refractivity contribution >= 4 is 51.1 Å². The largest absolute Gasteiger partial charge is 0.353 e. The first-order chi connectivity index (χ1) is 15.1. The molecule has 2 aromatic heterocycles. The van der Waals surface area contributed by atoms with E-state index in [1.807, 2.05) is 18.2 Å². The molecule has 0 saturated heterocycles. The Morgan fingerprint density at radius 1 is 1.06 bits per heavy atom. The van der Waals surface area contributed by atoms with Gasteiger partial charge in [0.2, 0.25) is 5.95 Å². The molecule has 2 aromatic carbocycles. The predicted octanol–water partition coefficient (Wildman–Crippen LogP) is 5.34. The summed E-state index contributed by atoms with van der Waals surface area (Å²) in [5.74, 6) is 2.30. The molecule has 0 radical (unpaired) electrons.